The number of nitrogens with zero attached hydrogens (tertiary/aromatic N) is 1. The summed E-state index contributed by atoms with van der Waals surface area (Å²) in [5.74, 6) is 0. The zero-order valence-electron chi connectivity index (χ0n) is 20.1. The molecular formula is C33H27NO. The Bertz CT molecular complexity index is 1500. The van der Waals surface area contributed by atoms with Crippen LogP contribution >= 0.6 is 0 Å². The maximum absolute atomic E-state index is 6.62. The van der Waals surface area contributed by atoms with E-state index in [0.717, 1.165) is 13.0 Å². The number of benzene rings is 4. The highest BCUT2D eigenvalue weighted by Gasteiger charge is 2.64. The van der Waals surface area contributed by atoms with Gasteiger partial charge in [0, 0.05) is 23.9 Å². The summed E-state index contributed by atoms with van der Waals surface area (Å²) in [4.78, 5) is 2.33. The lowest BCUT2D eigenvalue weighted by Crippen LogP contribution is -2.52. The van der Waals surface area contributed by atoms with Crippen LogP contribution in [0.4, 0.5) is 5.69 Å². The number of likely N-dealkylation sites (N-methyl/N-ethyl adjacent to an activating group) is 1. The summed E-state index contributed by atoms with van der Waals surface area (Å²) >= 11 is 0. The van der Waals surface area contributed by atoms with Gasteiger partial charge in [0.05, 0.1) is 12.0 Å². The zero-order chi connectivity index (χ0) is 23.6. The van der Waals surface area contributed by atoms with Crippen molar-refractivity contribution in [3.05, 3.63) is 131 Å². The van der Waals surface area contributed by atoms with Crippen LogP contribution in [-0.2, 0) is 10.2 Å². The van der Waals surface area contributed by atoms with E-state index in [1.54, 1.807) is 0 Å². The number of hydrogen-bond donors (Lipinski definition) is 0. The minimum atomic E-state index is -0.493. The maximum atomic E-state index is 6.62. The largest absolute Gasteiger partial charge is 0.355 e. The van der Waals surface area contributed by atoms with Crippen molar-refractivity contribution in [2.24, 2.45) is 0 Å². The molecule has 4 aromatic carbocycles. The maximum Gasteiger partial charge on any atom is 0.152 e. The van der Waals surface area contributed by atoms with Crippen molar-refractivity contribution in [2.45, 2.75) is 24.5 Å². The molecule has 1 aliphatic carbocycles. The van der Waals surface area contributed by atoms with Gasteiger partial charge in [-0.05, 0) is 52.8 Å². The Balaban J connectivity index is 1.64. The highest BCUT2D eigenvalue weighted by molar-refractivity contribution is 6.03. The molecule has 170 valence electrons. The molecule has 2 nitrogen and oxygen atoms in total. The molecule has 1 saturated heterocycles. The van der Waals surface area contributed by atoms with Crippen LogP contribution < -0.4 is 4.90 Å². The summed E-state index contributed by atoms with van der Waals surface area (Å²) in [6.07, 6.45) is 0.915. The topological polar surface area (TPSA) is 12.5 Å². The molecule has 3 aliphatic rings. The summed E-state index contributed by atoms with van der Waals surface area (Å²) in [6.45, 7) is 2.97. The second kappa shape index (κ2) is 7.33. The van der Waals surface area contributed by atoms with Crippen LogP contribution in [0.1, 0.15) is 35.6 Å². The van der Waals surface area contributed by atoms with E-state index in [9.17, 15) is 0 Å². The Morgan fingerprint density at radius 2 is 1.31 bits per heavy atom. The Morgan fingerprint density at radius 3 is 2.00 bits per heavy atom. The molecule has 1 fully saturated rings. The first-order valence-corrected chi connectivity index (χ1v) is 12.4. The van der Waals surface area contributed by atoms with E-state index in [1.807, 2.05) is 0 Å². The standard InChI is InChI=1S/C33H27NO/c1-32-33(20-21-35-32,29-18-10-11-19-31(29)34(32)2)30(23-12-4-3-5-13-23)22-28-26-16-8-6-14-24(26)25-15-7-9-17-27(25)28/h3-19H,20-21H2,1-2H3/t32-,33-/m0/s1. The number of anilines is 1. The van der Waals surface area contributed by atoms with E-state index in [1.165, 1.54) is 50.2 Å². The molecule has 2 atom stereocenters. The summed E-state index contributed by atoms with van der Waals surface area (Å²) < 4.78 is 6.62. The van der Waals surface area contributed by atoms with E-state index in [4.69, 9.17) is 4.74 Å². The number of ether oxygens (including phenoxy) is 1. The predicted molar refractivity (Wildman–Crippen MR) is 143 cm³/mol. The second-order valence-electron chi connectivity index (χ2n) is 9.90. The Hall–Kier alpha value is -3.84. The lowest BCUT2D eigenvalue weighted by atomic mass is 9.66. The van der Waals surface area contributed by atoms with Gasteiger partial charge >= 0.3 is 0 Å². The van der Waals surface area contributed by atoms with Crippen molar-refractivity contribution in [2.75, 3.05) is 18.6 Å². The molecule has 0 spiro atoms. The molecule has 35 heavy (non-hydrogen) atoms. The van der Waals surface area contributed by atoms with E-state index in [-0.39, 0.29) is 5.41 Å². The van der Waals surface area contributed by atoms with Gasteiger partial charge in [-0.1, -0.05) is 97.1 Å². The van der Waals surface area contributed by atoms with Crippen molar-refractivity contribution >= 4 is 16.8 Å². The van der Waals surface area contributed by atoms with Gasteiger partial charge in [-0.2, -0.15) is 0 Å². The first kappa shape index (κ1) is 20.5. The monoisotopic (exact) mass is 453 g/mol. The highest BCUT2D eigenvalue weighted by atomic mass is 16.5. The molecule has 2 heterocycles. The van der Waals surface area contributed by atoms with Gasteiger partial charge in [0.15, 0.2) is 5.72 Å². The molecule has 0 radical (unpaired) electrons. The van der Waals surface area contributed by atoms with Crippen molar-refractivity contribution in [3.8, 4) is 11.1 Å². The van der Waals surface area contributed by atoms with Gasteiger partial charge in [-0.15, -0.1) is 5.73 Å². The van der Waals surface area contributed by atoms with E-state index < -0.39 is 5.72 Å². The second-order valence-corrected chi connectivity index (χ2v) is 9.90. The van der Waals surface area contributed by atoms with Gasteiger partial charge in [-0.3, -0.25) is 0 Å². The van der Waals surface area contributed by atoms with Crippen LogP contribution in [0.3, 0.4) is 0 Å². The third-order valence-electron chi connectivity index (χ3n) is 8.44. The van der Waals surface area contributed by atoms with Crippen LogP contribution in [-0.4, -0.2) is 19.4 Å². The summed E-state index contributed by atoms with van der Waals surface area (Å²) in [7, 11) is 2.17. The lowest BCUT2D eigenvalue weighted by Gasteiger charge is -2.42. The first-order chi connectivity index (χ1) is 17.1. The normalized spacial score (nSPS) is 23.4. The minimum absolute atomic E-state index is 0.334. The number of para-hydroxylation sites is 1. The Kier molecular flexibility index (Phi) is 4.30. The molecule has 0 N–H and O–H groups in total. The average Bonchev–Trinajstić information content (AvgIpc) is 3.49. The molecule has 0 saturated carbocycles. The fourth-order valence-corrected chi connectivity index (χ4v) is 6.68. The van der Waals surface area contributed by atoms with Crippen LogP contribution in [0.2, 0.25) is 0 Å². The molecule has 0 aromatic heterocycles. The lowest BCUT2D eigenvalue weighted by molar-refractivity contribution is 0.00532. The van der Waals surface area contributed by atoms with Gasteiger partial charge in [0.1, 0.15) is 0 Å². The molecule has 7 rings (SSSR count). The smallest absolute Gasteiger partial charge is 0.152 e. The first-order valence-electron chi connectivity index (χ1n) is 12.4. The van der Waals surface area contributed by atoms with Crippen LogP contribution in [0, 0.1) is 0 Å². The predicted octanol–water partition coefficient (Wildman–Crippen LogP) is 7.31. The van der Waals surface area contributed by atoms with Crippen molar-refractivity contribution in [3.63, 3.8) is 0 Å². The van der Waals surface area contributed by atoms with E-state index in [0.29, 0.717) is 0 Å². The summed E-state index contributed by atoms with van der Waals surface area (Å²) in [5.41, 5.74) is 14.4. The molecule has 0 amide bonds. The van der Waals surface area contributed by atoms with E-state index >= 15 is 0 Å². The fraction of sp³-hybridized carbons (Fsp3) is 0.182. The van der Waals surface area contributed by atoms with Crippen molar-refractivity contribution < 1.29 is 4.74 Å². The number of hydrogen-bond acceptors (Lipinski definition) is 2. The van der Waals surface area contributed by atoms with Crippen LogP contribution in [0.15, 0.2) is 109 Å². The molecule has 4 aromatic rings. The fourth-order valence-electron chi connectivity index (χ4n) is 6.68. The molecule has 2 heteroatoms. The van der Waals surface area contributed by atoms with Gasteiger partial charge in [0.2, 0.25) is 0 Å². The summed E-state index contributed by atoms with van der Waals surface area (Å²) in [6, 6.07) is 37.0. The minimum Gasteiger partial charge on any atom is -0.355 e. The Labute approximate surface area is 206 Å². The number of fused-ring (bicyclic) bond motifs is 6. The SMILES string of the molecule is CN1c2ccccc2[C@]2(C(=C=C3c4ccccc4-c4ccccc43)c3ccccc3)CCO[C@]12C. The third-order valence-corrected chi connectivity index (χ3v) is 8.44. The molecular weight excluding hydrogens is 426 g/mol. The molecule has 0 bridgehead atoms. The third kappa shape index (κ3) is 2.59. The Morgan fingerprint density at radius 1 is 0.743 bits per heavy atom. The zero-order valence-corrected chi connectivity index (χ0v) is 20.1. The highest BCUT2D eigenvalue weighted by Crippen LogP contribution is 2.62. The average molecular weight is 454 g/mol. The number of rotatable bonds is 2. The van der Waals surface area contributed by atoms with Crippen molar-refractivity contribution in [1.82, 2.24) is 0 Å². The van der Waals surface area contributed by atoms with Crippen LogP contribution in [0.25, 0.3) is 22.3 Å². The molecule has 2 aliphatic heterocycles. The van der Waals surface area contributed by atoms with Gasteiger partial charge in [0.25, 0.3) is 0 Å². The summed E-state index contributed by atoms with van der Waals surface area (Å²) in [5, 5.41) is 0. The van der Waals surface area contributed by atoms with Gasteiger partial charge < -0.3 is 9.64 Å². The quantitative estimate of drug-likeness (QED) is 0.260. The van der Waals surface area contributed by atoms with Crippen LogP contribution in [0.5, 0.6) is 0 Å². The van der Waals surface area contributed by atoms with E-state index in [2.05, 4.69) is 128 Å². The van der Waals surface area contributed by atoms with Gasteiger partial charge in [-0.25, -0.2) is 0 Å². The molecule has 0 unspecified atom stereocenters. The van der Waals surface area contributed by atoms with Crippen molar-refractivity contribution in [1.29, 1.82) is 0 Å².